The molecule has 0 saturated carbocycles. The molecule has 0 unspecified atom stereocenters. The van der Waals surface area contributed by atoms with Crippen LogP contribution in [0.2, 0.25) is 0 Å². The van der Waals surface area contributed by atoms with Gasteiger partial charge in [0.15, 0.2) is 0 Å². The van der Waals surface area contributed by atoms with E-state index in [1.165, 1.54) is 24.3 Å². The Hall–Kier alpha value is -2.98. The monoisotopic (exact) mass is 432 g/mol. The lowest BCUT2D eigenvalue weighted by Crippen LogP contribution is -2.49. The number of piperazine rings is 1. The van der Waals surface area contributed by atoms with Gasteiger partial charge in [0.2, 0.25) is 21.8 Å². The van der Waals surface area contributed by atoms with Crippen LogP contribution in [0.15, 0.2) is 47.5 Å². The van der Waals surface area contributed by atoms with Crippen LogP contribution in [0.5, 0.6) is 5.88 Å². The summed E-state index contributed by atoms with van der Waals surface area (Å²) in [5, 5.41) is 5.36. The van der Waals surface area contributed by atoms with E-state index in [0.717, 1.165) is 16.3 Å². The Bertz CT molecular complexity index is 1030. The number of nitrogens with one attached hydrogen (secondary N) is 2. The minimum absolute atomic E-state index is 0.0294. The van der Waals surface area contributed by atoms with E-state index in [9.17, 15) is 18.0 Å². The van der Waals surface area contributed by atoms with Crippen molar-refractivity contribution in [2.75, 3.05) is 26.2 Å². The smallest absolute Gasteiger partial charge is 0.251 e. The average Bonchev–Trinajstić information content (AvgIpc) is 2.76. The van der Waals surface area contributed by atoms with Gasteiger partial charge in [-0.25, -0.2) is 13.4 Å². The maximum absolute atomic E-state index is 12.8. The molecular weight excluding hydrogens is 408 g/mol. The Morgan fingerprint density at radius 3 is 2.90 bits per heavy atom. The topological polar surface area (TPSA) is 118 Å². The van der Waals surface area contributed by atoms with Crippen molar-refractivity contribution < 1.29 is 22.7 Å². The van der Waals surface area contributed by atoms with Crippen LogP contribution >= 0.6 is 0 Å². The number of aromatic nitrogens is 1. The van der Waals surface area contributed by atoms with Gasteiger partial charge in [0.1, 0.15) is 0 Å². The Labute approximate surface area is 175 Å². The van der Waals surface area contributed by atoms with E-state index in [-0.39, 0.29) is 42.5 Å². The minimum atomic E-state index is -3.87. The minimum Gasteiger partial charge on any atom is -0.477 e. The number of sulfonamides is 1. The third-order valence-corrected chi connectivity index (χ3v) is 6.31. The molecule has 1 aromatic heterocycles. The van der Waals surface area contributed by atoms with Crippen molar-refractivity contribution >= 4 is 21.8 Å². The fraction of sp³-hybridized carbons (Fsp3) is 0.350. The van der Waals surface area contributed by atoms with Gasteiger partial charge in [-0.15, -0.1) is 0 Å². The fourth-order valence-electron chi connectivity index (χ4n) is 2.93. The van der Waals surface area contributed by atoms with Crippen LogP contribution in [0.1, 0.15) is 29.3 Å². The number of hydrogen-bond acceptors (Lipinski definition) is 6. The van der Waals surface area contributed by atoms with Crippen LogP contribution in [-0.4, -0.2) is 55.8 Å². The first-order chi connectivity index (χ1) is 14.4. The zero-order chi connectivity index (χ0) is 21.6. The quantitative estimate of drug-likeness (QED) is 0.641. The second-order valence-corrected chi connectivity index (χ2v) is 8.65. The molecule has 0 spiro atoms. The summed E-state index contributed by atoms with van der Waals surface area (Å²) in [5.41, 5.74) is 0.930. The van der Waals surface area contributed by atoms with Gasteiger partial charge < -0.3 is 15.4 Å². The third kappa shape index (κ3) is 5.14. The highest BCUT2D eigenvalue weighted by atomic mass is 32.2. The van der Waals surface area contributed by atoms with Crippen LogP contribution in [-0.2, 0) is 21.4 Å². The summed E-state index contributed by atoms with van der Waals surface area (Å²) in [5.74, 6) is -0.315. The predicted molar refractivity (Wildman–Crippen MR) is 109 cm³/mol. The lowest BCUT2D eigenvalue weighted by Gasteiger charge is -2.26. The lowest BCUT2D eigenvalue weighted by molar-refractivity contribution is -0.122. The highest BCUT2D eigenvalue weighted by molar-refractivity contribution is 7.89. The predicted octanol–water partition coefficient (Wildman–Crippen LogP) is 0.921. The molecule has 2 aromatic rings. The second kappa shape index (κ2) is 9.68. The van der Waals surface area contributed by atoms with Crippen molar-refractivity contribution in [2.45, 2.75) is 24.8 Å². The zero-order valence-electron chi connectivity index (χ0n) is 16.6. The van der Waals surface area contributed by atoms with Crippen molar-refractivity contribution in [3.8, 4) is 5.88 Å². The van der Waals surface area contributed by atoms with E-state index in [1.54, 1.807) is 18.3 Å². The summed E-state index contributed by atoms with van der Waals surface area (Å²) in [6, 6.07) is 9.33. The SMILES string of the molecule is CCCOc1ncccc1CNC(=O)c1cccc(S(=O)(=O)N2CCNC(=O)C2)c1. The normalized spacial score (nSPS) is 14.8. The van der Waals surface area contributed by atoms with E-state index in [1.807, 2.05) is 6.92 Å². The molecule has 0 radical (unpaired) electrons. The number of ether oxygens (including phenoxy) is 1. The standard InChI is InChI=1S/C20H24N4O5S/c1-2-11-29-20-16(6-4-8-22-20)13-23-19(26)15-5-3-7-17(12-15)30(27,28)24-10-9-21-18(25)14-24/h3-8,12H,2,9-11,13-14H2,1H3,(H,21,25)(H,23,26). The van der Waals surface area contributed by atoms with Gasteiger partial charge in [-0.1, -0.05) is 19.1 Å². The number of hydrogen-bond donors (Lipinski definition) is 2. The van der Waals surface area contributed by atoms with Crippen molar-refractivity contribution in [2.24, 2.45) is 0 Å². The van der Waals surface area contributed by atoms with Gasteiger partial charge in [0, 0.05) is 37.0 Å². The number of carbonyl (C=O) groups excluding carboxylic acids is 2. The molecule has 160 valence electrons. The van der Waals surface area contributed by atoms with Gasteiger partial charge in [-0.2, -0.15) is 4.31 Å². The molecule has 2 N–H and O–H groups in total. The summed E-state index contributed by atoms with van der Waals surface area (Å²) in [7, 11) is -3.87. The Morgan fingerprint density at radius 2 is 2.13 bits per heavy atom. The van der Waals surface area contributed by atoms with Gasteiger partial charge >= 0.3 is 0 Å². The molecule has 0 bridgehead atoms. The number of amides is 2. The molecule has 3 rings (SSSR count). The van der Waals surface area contributed by atoms with Gasteiger partial charge in [0.25, 0.3) is 5.91 Å². The number of pyridine rings is 1. The summed E-state index contributed by atoms with van der Waals surface area (Å²) in [4.78, 5) is 28.3. The molecule has 2 heterocycles. The van der Waals surface area contributed by atoms with E-state index in [2.05, 4.69) is 15.6 Å². The molecule has 1 fully saturated rings. The van der Waals surface area contributed by atoms with Crippen LogP contribution in [0.25, 0.3) is 0 Å². The van der Waals surface area contributed by atoms with E-state index >= 15 is 0 Å². The molecule has 1 aliphatic rings. The molecular formula is C20H24N4O5S. The highest BCUT2D eigenvalue weighted by Crippen LogP contribution is 2.19. The molecule has 1 aliphatic heterocycles. The molecule has 30 heavy (non-hydrogen) atoms. The number of carbonyl (C=O) groups is 2. The van der Waals surface area contributed by atoms with E-state index in [4.69, 9.17) is 4.74 Å². The Balaban J connectivity index is 1.72. The molecule has 0 aliphatic carbocycles. The summed E-state index contributed by atoms with van der Waals surface area (Å²) in [6.45, 7) is 2.90. The maximum Gasteiger partial charge on any atom is 0.251 e. The van der Waals surface area contributed by atoms with Gasteiger partial charge in [-0.3, -0.25) is 9.59 Å². The van der Waals surface area contributed by atoms with Crippen LogP contribution in [0, 0.1) is 0 Å². The fourth-order valence-corrected chi connectivity index (χ4v) is 4.38. The van der Waals surface area contributed by atoms with E-state index < -0.39 is 15.9 Å². The molecule has 10 heteroatoms. The summed E-state index contributed by atoms with van der Waals surface area (Å²) < 4.78 is 32.3. The molecule has 0 atom stereocenters. The maximum atomic E-state index is 12.8. The largest absolute Gasteiger partial charge is 0.477 e. The van der Waals surface area contributed by atoms with E-state index in [0.29, 0.717) is 12.5 Å². The lowest BCUT2D eigenvalue weighted by atomic mass is 10.2. The van der Waals surface area contributed by atoms with Gasteiger partial charge in [-0.05, 0) is 30.7 Å². The van der Waals surface area contributed by atoms with Crippen molar-refractivity contribution in [3.05, 3.63) is 53.7 Å². The molecule has 2 amide bonds. The van der Waals surface area contributed by atoms with Crippen molar-refractivity contribution in [3.63, 3.8) is 0 Å². The molecule has 1 saturated heterocycles. The zero-order valence-corrected chi connectivity index (χ0v) is 17.4. The van der Waals surface area contributed by atoms with Crippen LogP contribution in [0.4, 0.5) is 0 Å². The summed E-state index contributed by atoms with van der Waals surface area (Å²) in [6.07, 6.45) is 2.45. The number of nitrogens with zero attached hydrogens (tertiary/aromatic N) is 2. The van der Waals surface area contributed by atoms with Crippen molar-refractivity contribution in [1.82, 2.24) is 19.9 Å². The second-order valence-electron chi connectivity index (χ2n) is 6.72. The first-order valence-electron chi connectivity index (χ1n) is 9.63. The van der Waals surface area contributed by atoms with Crippen LogP contribution < -0.4 is 15.4 Å². The van der Waals surface area contributed by atoms with Crippen LogP contribution in [0.3, 0.4) is 0 Å². The van der Waals surface area contributed by atoms with Gasteiger partial charge in [0.05, 0.1) is 18.0 Å². The average molecular weight is 433 g/mol. The Kier molecular flexibility index (Phi) is 7.01. The Morgan fingerprint density at radius 1 is 1.30 bits per heavy atom. The number of rotatable bonds is 8. The third-order valence-electron chi connectivity index (χ3n) is 4.47. The van der Waals surface area contributed by atoms with Crippen molar-refractivity contribution in [1.29, 1.82) is 0 Å². The highest BCUT2D eigenvalue weighted by Gasteiger charge is 2.29. The number of benzene rings is 1. The first-order valence-corrected chi connectivity index (χ1v) is 11.1. The molecule has 1 aromatic carbocycles. The first kappa shape index (κ1) is 21.7. The molecule has 9 nitrogen and oxygen atoms in total. The summed E-state index contributed by atoms with van der Waals surface area (Å²) >= 11 is 0.